The molecule has 0 aromatic heterocycles. The van der Waals surface area contributed by atoms with Gasteiger partial charge < -0.3 is 14.8 Å². The number of carbonyl (C=O) groups is 1. The van der Waals surface area contributed by atoms with Gasteiger partial charge in [0.15, 0.2) is 0 Å². The first kappa shape index (κ1) is 14.9. The van der Waals surface area contributed by atoms with Gasteiger partial charge in [-0.2, -0.15) is 0 Å². The molecular formula is C16H23NO3. The molecule has 0 radical (unpaired) electrons. The maximum atomic E-state index is 12.2. The molecule has 1 heterocycles. The van der Waals surface area contributed by atoms with E-state index in [1.165, 1.54) is 0 Å². The third-order valence-electron chi connectivity index (χ3n) is 3.80. The highest BCUT2D eigenvalue weighted by molar-refractivity contribution is 5.96. The number of para-hydroxylation sites is 1. The normalized spacial score (nSPS) is 22.0. The summed E-state index contributed by atoms with van der Waals surface area (Å²) in [6.45, 7) is 5.76. The molecule has 1 N–H and O–H groups in total. The lowest BCUT2D eigenvalue weighted by Gasteiger charge is -2.22. The van der Waals surface area contributed by atoms with Crippen LogP contribution in [0.1, 0.15) is 30.6 Å². The summed E-state index contributed by atoms with van der Waals surface area (Å²) in [6.07, 6.45) is 1.25. The Labute approximate surface area is 120 Å². The van der Waals surface area contributed by atoms with Crippen LogP contribution in [-0.2, 0) is 4.74 Å². The third kappa shape index (κ3) is 3.31. The highest BCUT2D eigenvalue weighted by Gasteiger charge is 2.30. The topological polar surface area (TPSA) is 47.6 Å². The molecule has 1 amide bonds. The lowest BCUT2D eigenvalue weighted by Crippen LogP contribution is -2.35. The number of benzene rings is 1. The molecule has 1 saturated heterocycles. The minimum Gasteiger partial charge on any atom is -0.496 e. The van der Waals surface area contributed by atoms with Crippen molar-refractivity contribution in [3.05, 3.63) is 29.8 Å². The van der Waals surface area contributed by atoms with E-state index in [-0.39, 0.29) is 12.0 Å². The van der Waals surface area contributed by atoms with Crippen LogP contribution in [-0.4, -0.2) is 32.3 Å². The first-order valence-electron chi connectivity index (χ1n) is 7.16. The van der Waals surface area contributed by atoms with Crippen molar-refractivity contribution in [2.75, 3.05) is 20.3 Å². The summed E-state index contributed by atoms with van der Waals surface area (Å²) in [4.78, 5) is 12.2. The van der Waals surface area contributed by atoms with E-state index in [0.29, 0.717) is 29.7 Å². The Balaban J connectivity index is 1.95. The highest BCUT2D eigenvalue weighted by Crippen LogP contribution is 2.26. The standard InChI is InChI=1S/C16H23NO3/c1-11(2)15-12(8-9-20-15)10-17-16(18)13-6-4-5-7-14(13)19-3/h4-7,11-12,15H,8-10H2,1-3H3,(H,17,18)/t12-,15-/m0/s1. The molecule has 2 rings (SSSR count). The number of rotatable bonds is 5. The van der Waals surface area contributed by atoms with Gasteiger partial charge in [0.05, 0.1) is 18.8 Å². The smallest absolute Gasteiger partial charge is 0.255 e. The molecule has 0 spiro atoms. The Morgan fingerprint density at radius 3 is 2.90 bits per heavy atom. The van der Waals surface area contributed by atoms with Crippen molar-refractivity contribution in [1.82, 2.24) is 5.32 Å². The lowest BCUT2D eigenvalue weighted by atomic mass is 9.93. The quantitative estimate of drug-likeness (QED) is 0.899. The van der Waals surface area contributed by atoms with Gasteiger partial charge >= 0.3 is 0 Å². The van der Waals surface area contributed by atoms with Gasteiger partial charge in [-0.05, 0) is 24.5 Å². The molecule has 1 aromatic rings. The van der Waals surface area contributed by atoms with Crippen molar-refractivity contribution in [1.29, 1.82) is 0 Å². The number of hydrogen-bond donors (Lipinski definition) is 1. The summed E-state index contributed by atoms with van der Waals surface area (Å²) < 4.78 is 10.9. The van der Waals surface area contributed by atoms with E-state index in [2.05, 4.69) is 19.2 Å². The van der Waals surface area contributed by atoms with Gasteiger partial charge in [0.2, 0.25) is 0 Å². The molecule has 0 unspecified atom stereocenters. The Bertz CT molecular complexity index is 459. The van der Waals surface area contributed by atoms with E-state index in [1.807, 2.05) is 12.1 Å². The summed E-state index contributed by atoms with van der Waals surface area (Å²) in [5.74, 6) is 1.39. The monoisotopic (exact) mass is 277 g/mol. The Hall–Kier alpha value is -1.55. The van der Waals surface area contributed by atoms with Crippen molar-refractivity contribution in [3.63, 3.8) is 0 Å². The Morgan fingerprint density at radius 1 is 1.45 bits per heavy atom. The molecule has 1 aliphatic rings. The van der Waals surface area contributed by atoms with Crippen LogP contribution in [0.25, 0.3) is 0 Å². The van der Waals surface area contributed by atoms with Gasteiger partial charge in [0.25, 0.3) is 5.91 Å². The molecule has 1 aromatic carbocycles. The minimum absolute atomic E-state index is 0.0862. The van der Waals surface area contributed by atoms with Crippen molar-refractivity contribution in [2.24, 2.45) is 11.8 Å². The number of amides is 1. The van der Waals surface area contributed by atoms with E-state index >= 15 is 0 Å². The van der Waals surface area contributed by atoms with Gasteiger partial charge in [-0.3, -0.25) is 4.79 Å². The molecule has 4 heteroatoms. The molecule has 0 bridgehead atoms. The maximum absolute atomic E-state index is 12.2. The number of carbonyl (C=O) groups excluding carboxylic acids is 1. The van der Waals surface area contributed by atoms with Crippen molar-refractivity contribution < 1.29 is 14.3 Å². The van der Waals surface area contributed by atoms with E-state index in [4.69, 9.17) is 9.47 Å². The molecule has 1 aliphatic heterocycles. The van der Waals surface area contributed by atoms with Crippen LogP contribution < -0.4 is 10.1 Å². The first-order chi connectivity index (χ1) is 9.63. The van der Waals surface area contributed by atoms with Crippen LogP contribution in [0.3, 0.4) is 0 Å². The van der Waals surface area contributed by atoms with Crippen LogP contribution in [0.15, 0.2) is 24.3 Å². The Kier molecular flexibility index (Phi) is 5.01. The van der Waals surface area contributed by atoms with Gasteiger partial charge in [0.1, 0.15) is 5.75 Å². The van der Waals surface area contributed by atoms with Gasteiger partial charge in [-0.1, -0.05) is 26.0 Å². The van der Waals surface area contributed by atoms with E-state index < -0.39 is 0 Å². The van der Waals surface area contributed by atoms with Crippen LogP contribution in [0.5, 0.6) is 5.75 Å². The van der Waals surface area contributed by atoms with Gasteiger partial charge in [0, 0.05) is 19.1 Å². The fourth-order valence-corrected chi connectivity index (χ4v) is 2.76. The zero-order chi connectivity index (χ0) is 14.5. The number of hydrogen-bond acceptors (Lipinski definition) is 3. The SMILES string of the molecule is COc1ccccc1C(=O)NC[C@@H]1CCO[C@H]1C(C)C. The largest absolute Gasteiger partial charge is 0.496 e. The maximum Gasteiger partial charge on any atom is 0.255 e. The summed E-state index contributed by atoms with van der Waals surface area (Å²) in [7, 11) is 1.58. The average molecular weight is 277 g/mol. The fourth-order valence-electron chi connectivity index (χ4n) is 2.76. The summed E-state index contributed by atoms with van der Waals surface area (Å²) in [5, 5.41) is 3.00. The summed E-state index contributed by atoms with van der Waals surface area (Å²) in [6, 6.07) is 7.27. The van der Waals surface area contributed by atoms with Gasteiger partial charge in [-0.15, -0.1) is 0 Å². The van der Waals surface area contributed by atoms with Crippen molar-refractivity contribution in [2.45, 2.75) is 26.4 Å². The molecule has 0 saturated carbocycles. The van der Waals surface area contributed by atoms with E-state index in [9.17, 15) is 4.79 Å². The van der Waals surface area contributed by atoms with Crippen LogP contribution >= 0.6 is 0 Å². The third-order valence-corrected chi connectivity index (χ3v) is 3.80. The first-order valence-corrected chi connectivity index (χ1v) is 7.16. The highest BCUT2D eigenvalue weighted by atomic mass is 16.5. The molecule has 0 aliphatic carbocycles. The average Bonchev–Trinajstić information content (AvgIpc) is 2.93. The second-order valence-electron chi connectivity index (χ2n) is 5.54. The molecule has 2 atom stereocenters. The molecular weight excluding hydrogens is 254 g/mol. The zero-order valence-electron chi connectivity index (χ0n) is 12.4. The van der Waals surface area contributed by atoms with E-state index in [1.54, 1.807) is 19.2 Å². The molecule has 4 nitrogen and oxygen atoms in total. The summed E-state index contributed by atoms with van der Waals surface area (Å²) >= 11 is 0. The number of ether oxygens (including phenoxy) is 2. The molecule has 110 valence electrons. The van der Waals surface area contributed by atoms with Crippen LogP contribution in [0.4, 0.5) is 0 Å². The Morgan fingerprint density at radius 2 is 2.20 bits per heavy atom. The predicted octanol–water partition coefficient (Wildman–Crippen LogP) is 2.49. The minimum atomic E-state index is -0.0862. The second-order valence-corrected chi connectivity index (χ2v) is 5.54. The van der Waals surface area contributed by atoms with Crippen molar-refractivity contribution >= 4 is 5.91 Å². The summed E-state index contributed by atoms with van der Waals surface area (Å²) in [5.41, 5.74) is 0.579. The zero-order valence-corrected chi connectivity index (χ0v) is 12.4. The lowest BCUT2D eigenvalue weighted by molar-refractivity contribution is 0.0533. The number of methoxy groups -OCH3 is 1. The fraction of sp³-hybridized carbons (Fsp3) is 0.562. The van der Waals surface area contributed by atoms with Gasteiger partial charge in [-0.25, -0.2) is 0 Å². The van der Waals surface area contributed by atoms with Crippen LogP contribution in [0.2, 0.25) is 0 Å². The van der Waals surface area contributed by atoms with Crippen molar-refractivity contribution in [3.8, 4) is 5.75 Å². The number of nitrogens with one attached hydrogen (secondary N) is 1. The van der Waals surface area contributed by atoms with E-state index in [0.717, 1.165) is 13.0 Å². The second kappa shape index (κ2) is 6.75. The van der Waals surface area contributed by atoms with Crippen LogP contribution in [0, 0.1) is 11.8 Å². The molecule has 1 fully saturated rings. The predicted molar refractivity (Wildman–Crippen MR) is 78.0 cm³/mol. The molecule has 20 heavy (non-hydrogen) atoms.